The second kappa shape index (κ2) is 7.11. The van der Waals surface area contributed by atoms with Crippen molar-refractivity contribution in [3.63, 3.8) is 0 Å². The SMILES string of the molecule is C(#CC1(OC2CCCCO2)CCCCC1)c1ccccc1. The van der Waals surface area contributed by atoms with Crippen molar-refractivity contribution >= 4 is 0 Å². The number of hydrogen-bond acceptors (Lipinski definition) is 2. The topological polar surface area (TPSA) is 18.5 Å². The smallest absolute Gasteiger partial charge is 0.159 e. The molecule has 2 nitrogen and oxygen atoms in total. The first-order valence-electron chi connectivity index (χ1n) is 8.24. The highest BCUT2D eigenvalue weighted by Crippen LogP contribution is 2.34. The van der Waals surface area contributed by atoms with E-state index < -0.39 is 0 Å². The second-order valence-corrected chi connectivity index (χ2v) is 6.08. The summed E-state index contributed by atoms with van der Waals surface area (Å²) < 4.78 is 12.1. The lowest BCUT2D eigenvalue weighted by molar-refractivity contribution is -0.214. The zero-order valence-electron chi connectivity index (χ0n) is 12.6. The van der Waals surface area contributed by atoms with Crippen LogP contribution in [0.5, 0.6) is 0 Å². The maximum absolute atomic E-state index is 6.35. The zero-order valence-corrected chi connectivity index (χ0v) is 12.6. The Morgan fingerprint density at radius 2 is 1.81 bits per heavy atom. The minimum Gasteiger partial charge on any atom is -0.353 e. The largest absolute Gasteiger partial charge is 0.353 e. The van der Waals surface area contributed by atoms with Crippen molar-refractivity contribution in [3.8, 4) is 11.8 Å². The van der Waals surface area contributed by atoms with Gasteiger partial charge in [-0.15, -0.1) is 0 Å². The predicted octanol–water partition coefficient (Wildman–Crippen LogP) is 4.28. The molecule has 0 aromatic heterocycles. The van der Waals surface area contributed by atoms with E-state index in [1.165, 1.54) is 25.7 Å². The van der Waals surface area contributed by atoms with Gasteiger partial charge in [-0.3, -0.25) is 0 Å². The van der Waals surface area contributed by atoms with Gasteiger partial charge in [-0.05, 0) is 57.1 Å². The van der Waals surface area contributed by atoms with Crippen molar-refractivity contribution < 1.29 is 9.47 Å². The van der Waals surface area contributed by atoms with E-state index in [-0.39, 0.29) is 11.9 Å². The lowest BCUT2D eigenvalue weighted by Gasteiger charge is -2.37. The normalized spacial score (nSPS) is 24.9. The van der Waals surface area contributed by atoms with Gasteiger partial charge in [0.15, 0.2) is 6.29 Å². The lowest BCUT2D eigenvalue weighted by atomic mass is 9.84. The minimum absolute atomic E-state index is 0.0538. The summed E-state index contributed by atoms with van der Waals surface area (Å²) in [5, 5.41) is 0. The molecule has 1 saturated heterocycles. The fraction of sp³-hybridized carbons (Fsp3) is 0.579. The summed E-state index contributed by atoms with van der Waals surface area (Å²) in [7, 11) is 0. The molecule has 1 unspecified atom stereocenters. The predicted molar refractivity (Wildman–Crippen MR) is 83.8 cm³/mol. The van der Waals surface area contributed by atoms with Gasteiger partial charge in [-0.25, -0.2) is 0 Å². The van der Waals surface area contributed by atoms with E-state index >= 15 is 0 Å². The van der Waals surface area contributed by atoms with E-state index in [1.54, 1.807) is 0 Å². The second-order valence-electron chi connectivity index (χ2n) is 6.08. The van der Waals surface area contributed by atoms with Crippen LogP contribution >= 0.6 is 0 Å². The molecule has 0 spiro atoms. The van der Waals surface area contributed by atoms with E-state index in [0.717, 1.165) is 37.9 Å². The van der Waals surface area contributed by atoms with Gasteiger partial charge >= 0.3 is 0 Å². The van der Waals surface area contributed by atoms with Crippen molar-refractivity contribution in [2.75, 3.05) is 6.61 Å². The van der Waals surface area contributed by atoms with Crippen molar-refractivity contribution in [2.45, 2.75) is 63.3 Å². The lowest BCUT2D eigenvalue weighted by Crippen LogP contribution is -2.39. The van der Waals surface area contributed by atoms with Crippen molar-refractivity contribution in [3.05, 3.63) is 35.9 Å². The Morgan fingerprint density at radius 1 is 1.00 bits per heavy atom. The van der Waals surface area contributed by atoms with Crippen LogP contribution in [0.2, 0.25) is 0 Å². The van der Waals surface area contributed by atoms with Crippen molar-refractivity contribution in [1.82, 2.24) is 0 Å². The number of hydrogen-bond donors (Lipinski definition) is 0. The van der Waals surface area contributed by atoms with Gasteiger partial charge in [0.25, 0.3) is 0 Å². The highest BCUT2D eigenvalue weighted by atomic mass is 16.7. The Labute approximate surface area is 127 Å². The van der Waals surface area contributed by atoms with E-state index in [9.17, 15) is 0 Å². The molecule has 3 rings (SSSR count). The standard InChI is InChI=1S/C19H24O2/c1-3-9-17(10-4-1)12-15-19(13-6-2-7-14-19)21-18-11-5-8-16-20-18/h1,3-4,9-10,18H,2,5-8,11,13-14,16H2. The molecule has 1 saturated carbocycles. The molecule has 0 amide bonds. The molecule has 1 aromatic rings. The van der Waals surface area contributed by atoms with Crippen LogP contribution in [0, 0.1) is 11.8 Å². The van der Waals surface area contributed by atoms with Gasteiger partial charge in [0.1, 0.15) is 5.60 Å². The summed E-state index contributed by atoms with van der Waals surface area (Å²) in [5.41, 5.74) is 0.770. The molecule has 2 heteroatoms. The molecule has 1 heterocycles. The number of benzene rings is 1. The van der Waals surface area contributed by atoms with Crippen LogP contribution in [0.3, 0.4) is 0 Å². The fourth-order valence-corrected chi connectivity index (χ4v) is 3.16. The molecular weight excluding hydrogens is 260 g/mol. The summed E-state index contributed by atoms with van der Waals surface area (Å²) in [6.07, 6.45) is 9.08. The Hall–Kier alpha value is -1.30. The average Bonchev–Trinajstić information content (AvgIpc) is 2.56. The molecule has 1 aliphatic carbocycles. The molecule has 1 aliphatic heterocycles. The van der Waals surface area contributed by atoms with Crippen LogP contribution in [-0.4, -0.2) is 18.5 Å². The third-order valence-corrected chi connectivity index (χ3v) is 4.36. The zero-order chi connectivity index (χ0) is 14.4. The van der Waals surface area contributed by atoms with Gasteiger partial charge in [0.05, 0.1) is 0 Å². The third kappa shape index (κ3) is 4.09. The maximum atomic E-state index is 6.35. The number of ether oxygens (including phenoxy) is 2. The summed E-state index contributed by atoms with van der Waals surface area (Å²) in [6.45, 7) is 0.826. The fourth-order valence-electron chi connectivity index (χ4n) is 3.16. The van der Waals surface area contributed by atoms with Crippen molar-refractivity contribution in [2.24, 2.45) is 0 Å². The molecule has 0 radical (unpaired) electrons. The van der Waals surface area contributed by atoms with E-state index in [0.29, 0.717) is 0 Å². The minimum atomic E-state index is -0.296. The van der Waals surface area contributed by atoms with E-state index in [2.05, 4.69) is 24.0 Å². The molecule has 0 N–H and O–H groups in total. The van der Waals surface area contributed by atoms with Gasteiger partial charge in [-0.2, -0.15) is 0 Å². The first-order valence-corrected chi connectivity index (χ1v) is 8.24. The highest BCUT2D eigenvalue weighted by molar-refractivity contribution is 5.36. The molecule has 112 valence electrons. The van der Waals surface area contributed by atoms with Crippen LogP contribution in [0.1, 0.15) is 56.9 Å². The highest BCUT2D eigenvalue weighted by Gasteiger charge is 2.34. The first kappa shape index (κ1) is 14.6. The van der Waals surface area contributed by atoms with Crippen LogP contribution < -0.4 is 0 Å². The van der Waals surface area contributed by atoms with Crippen LogP contribution in [0.4, 0.5) is 0 Å². The quantitative estimate of drug-likeness (QED) is 0.754. The van der Waals surface area contributed by atoms with Crippen molar-refractivity contribution in [1.29, 1.82) is 0 Å². The molecule has 1 atom stereocenters. The molecule has 2 aliphatic rings. The summed E-state index contributed by atoms with van der Waals surface area (Å²) in [4.78, 5) is 0. The average molecular weight is 284 g/mol. The summed E-state index contributed by atoms with van der Waals surface area (Å²) in [5.74, 6) is 6.76. The molecule has 1 aromatic carbocycles. The van der Waals surface area contributed by atoms with Gasteiger partial charge < -0.3 is 9.47 Å². The Morgan fingerprint density at radius 3 is 2.52 bits per heavy atom. The van der Waals surface area contributed by atoms with E-state index in [4.69, 9.17) is 9.47 Å². The first-order chi connectivity index (χ1) is 10.4. The number of rotatable bonds is 2. The Kier molecular flexibility index (Phi) is 4.95. The van der Waals surface area contributed by atoms with Crippen LogP contribution in [-0.2, 0) is 9.47 Å². The Balaban J connectivity index is 1.74. The Bertz CT molecular complexity index is 485. The summed E-state index contributed by atoms with van der Waals surface area (Å²) in [6, 6.07) is 10.2. The molecule has 2 fully saturated rings. The maximum Gasteiger partial charge on any atom is 0.159 e. The summed E-state index contributed by atoms with van der Waals surface area (Å²) >= 11 is 0. The van der Waals surface area contributed by atoms with Gasteiger partial charge in [0, 0.05) is 12.2 Å². The van der Waals surface area contributed by atoms with Crippen LogP contribution in [0.25, 0.3) is 0 Å². The van der Waals surface area contributed by atoms with Crippen LogP contribution in [0.15, 0.2) is 30.3 Å². The third-order valence-electron chi connectivity index (χ3n) is 4.36. The molecule has 21 heavy (non-hydrogen) atoms. The monoisotopic (exact) mass is 284 g/mol. The van der Waals surface area contributed by atoms with Gasteiger partial charge in [0.2, 0.25) is 0 Å². The van der Waals surface area contributed by atoms with Gasteiger partial charge in [-0.1, -0.05) is 36.5 Å². The molecule has 0 bridgehead atoms. The molecular formula is C19H24O2. The van der Waals surface area contributed by atoms with E-state index in [1.807, 2.05) is 18.2 Å².